The van der Waals surface area contributed by atoms with E-state index in [0.29, 0.717) is 21.9 Å². The lowest BCUT2D eigenvalue weighted by atomic mass is 9.98. The monoisotopic (exact) mass is 480 g/mol. The van der Waals surface area contributed by atoms with Gasteiger partial charge in [0.05, 0.1) is 11.4 Å². The Bertz CT molecular complexity index is 1170. The molecule has 0 amide bonds. The topological polar surface area (TPSA) is 55.5 Å². The van der Waals surface area contributed by atoms with Gasteiger partial charge in [0.25, 0.3) is 0 Å². The fraction of sp³-hybridized carbons (Fsp3) is 0.269. The molecule has 0 atom stereocenters. The molecule has 4 rings (SSSR count). The van der Waals surface area contributed by atoms with Crippen molar-refractivity contribution in [1.29, 1.82) is 0 Å². The Labute approximate surface area is 205 Å². The van der Waals surface area contributed by atoms with Crippen LogP contribution in [0.1, 0.15) is 17.5 Å². The molecule has 0 radical (unpaired) electrons. The fourth-order valence-electron chi connectivity index (χ4n) is 3.92. The average molecular weight is 481 g/mol. The van der Waals surface area contributed by atoms with Crippen molar-refractivity contribution >= 4 is 28.6 Å². The Morgan fingerprint density at radius 2 is 2.09 bits per heavy atom. The van der Waals surface area contributed by atoms with Crippen LogP contribution >= 0.6 is 11.6 Å². The van der Waals surface area contributed by atoms with Gasteiger partial charge in [-0.25, -0.2) is 4.39 Å². The lowest BCUT2D eigenvalue weighted by Crippen LogP contribution is -2.41. The van der Waals surface area contributed by atoms with Gasteiger partial charge in [-0.2, -0.15) is 0 Å². The maximum atomic E-state index is 14.7. The van der Waals surface area contributed by atoms with E-state index in [-0.39, 0.29) is 5.82 Å². The van der Waals surface area contributed by atoms with Gasteiger partial charge in [0.15, 0.2) is 0 Å². The first-order chi connectivity index (χ1) is 16.3. The van der Waals surface area contributed by atoms with Gasteiger partial charge in [-0.15, -0.1) is 0 Å². The first kappa shape index (κ1) is 23.9. The van der Waals surface area contributed by atoms with Crippen molar-refractivity contribution in [2.45, 2.75) is 6.42 Å². The molecule has 6 nitrogen and oxygen atoms in total. The van der Waals surface area contributed by atoms with Crippen LogP contribution in [0.4, 0.5) is 10.1 Å². The number of dihydropyridines is 1. The number of rotatable bonds is 9. The molecule has 8 heteroatoms. The zero-order chi connectivity index (χ0) is 24.2. The van der Waals surface area contributed by atoms with Crippen LogP contribution in [0, 0.1) is 5.82 Å². The maximum absolute atomic E-state index is 14.7. The number of hydrogen-bond donors (Lipinski definition) is 3. The van der Waals surface area contributed by atoms with Gasteiger partial charge in [0.1, 0.15) is 11.6 Å². The Hall–Kier alpha value is -3.29. The number of halogens is 2. The SMILES string of the molecule is C=C1NC(N(C)C)=C(Nc2ccncc2C(=C)NCCN2CCC2)C=C1c1cc(Cl)ccc1F. The second-order valence-electron chi connectivity index (χ2n) is 8.59. The van der Waals surface area contributed by atoms with Crippen molar-refractivity contribution in [2.24, 2.45) is 0 Å². The minimum Gasteiger partial charge on any atom is -0.384 e. The third-order valence-electron chi connectivity index (χ3n) is 5.93. The van der Waals surface area contributed by atoms with E-state index in [0.717, 1.165) is 54.6 Å². The summed E-state index contributed by atoms with van der Waals surface area (Å²) in [5.41, 5.74) is 4.84. The second-order valence-corrected chi connectivity index (χ2v) is 9.03. The number of nitrogens with one attached hydrogen (secondary N) is 3. The molecule has 1 fully saturated rings. The predicted molar refractivity (Wildman–Crippen MR) is 138 cm³/mol. The number of hydrogen-bond acceptors (Lipinski definition) is 6. The number of aromatic nitrogens is 1. The number of benzene rings is 1. The van der Waals surface area contributed by atoms with Crippen molar-refractivity contribution in [3.05, 3.63) is 95.1 Å². The normalized spacial score (nSPS) is 15.9. The van der Waals surface area contributed by atoms with E-state index in [4.69, 9.17) is 11.6 Å². The van der Waals surface area contributed by atoms with Crippen LogP contribution in [-0.4, -0.2) is 55.1 Å². The number of likely N-dealkylation sites (tertiary alicyclic amines) is 1. The standard InChI is InChI=1S/C26H30ClFN6/c1-17(30-10-13-34-11-5-12-34)22-16-29-9-8-24(22)32-25-15-20(18(2)31-26(25)33(3)4)21-14-19(27)6-7-23(21)28/h6-9,14-16,30-31H,1-2,5,10-13H2,3-4H3,(H,29,32). The minimum atomic E-state index is -0.365. The quantitative estimate of drug-likeness (QED) is 0.492. The Kier molecular flexibility index (Phi) is 7.24. The zero-order valence-electron chi connectivity index (χ0n) is 19.6. The molecule has 1 aromatic heterocycles. The number of anilines is 1. The van der Waals surface area contributed by atoms with Crippen molar-refractivity contribution in [3.63, 3.8) is 0 Å². The van der Waals surface area contributed by atoms with Gasteiger partial charge < -0.3 is 25.8 Å². The van der Waals surface area contributed by atoms with Gasteiger partial charge in [-0.3, -0.25) is 4.98 Å². The lowest BCUT2D eigenvalue weighted by Gasteiger charge is -2.31. The predicted octanol–water partition coefficient (Wildman–Crippen LogP) is 4.48. The van der Waals surface area contributed by atoms with Crippen molar-refractivity contribution < 1.29 is 4.39 Å². The average Bonchev–Trinajstić information content (AvgIpc) is 2.78. The largest absolute Gasteiger partial charge is 0.384 e. The summed E-state index contributed by atoms with van der Waals surface area (Å²) in [7, 11) is 3.86. The van der Waals surface area contributed by atoms with E-state index < -0.39 is 0 Å². The van der Waals surface area contributed by atoms with Gasteiger partial charge in [-0.1, -0.05) is 24.8 Å². The molecule has 0 saturated carbocycles. The first-order valence-corrected chi connectivity index (χ1v) is 11.6. The van der Waals surface area contributed by atoms with Crippen LogP contribution in [0.2, 0.25) is 5.02 Å². The molecule has 3 heterocycles. The molecular weight excluding hydrogens is 451 g/mol. The van der Waals surface area contributed by atoms with E-state index in [1.807, 2.05) is 31.1 Å². The molecule has 2 aromatic rings. The fourth-order valence-corrected chi connectivity index (χ4v) is 4.10. The van der Waals surface area contributed by atoms with Gasteiger partial charge >= 0.3 is 0 Å². The third-order valence-corrected chi connectivity index (χ3v) is 6.17. The zero-order valence-corrected chi connectivity index (χ0v) is 20.3. The van der Waals surface area contributed by atoms with E-state index in [2.05, 4.69) is 39.0 Å². The van der Waals surface area contributed by atoms with Crippen LogP contribution in [-0.2, 0) is 0 Å². The molecule has 0 spiro atoms. The molecule has 1 aromatic carbocycles. The summed E-state index contributed by atoms with van der Waals surface area (Å²) in [6.07, 6.45) is 6.67. The number of nitrogens with zero attached hydrogens (tertiary/aromatic N) is 3. The van der Waals surface area contributed by atoms with E-state index >= 15 is 0 Å². The summed E-state index contributed by atoms with van der Waals surface area (Å²) in [6, 6.07) is 6.40. The summed E-state index contributed by atoms with van der Waals surface area (Å²) in [5.74, 6) is 0.436. The molecular formula is C26H30ClFN6. The smallest absolute Gasteiger partial charge is 0.131 e. The van der Waals surface area contributed by atoms with Crippen LogP contribution in [0.15, 0.2) is 73.1 Å². The summed E-state index contributed by atoms with van der Waals surface area (Å²) in [6.45, 7) is 12.5. The molecule has 3 N–H and O–H groups in total. The first-order valence-electron chi connectivity index (χ1n) is 11.2. The van der Waals surface area contributed by atoms with E-state index in [9.17, 15) is 4.39 Å². The van der Waals surface area contributed by atoms with Gasteiger partial charge in [0, 0.05) is 72.7 Å². The Morgan fingerprint density at radius 3 is 2.79 bits per heavy atom. The number of pyridine rings is 1. The molecule has 1 saturated heterocycles. The molecule has 178 valence electrons. The summed E-state index contributed by atoms with van der Waals surface area (Å²) in [5, 5.41) is 10.7. The Morgan fingerprint density at radius 1 is 1.29 bits per heavy atom. The van der Waals surface area contributed by atoms with Crippen molar-refractivity contribution in [1.82, 2.24) is 25.4 Å². The highest BCUT2D eigenvalue weighted by Gasteiger charge is 2.22. The van der Waals surface area contributed by atoms with E-state index in [1.165, 1.54) is 18.6 Å². The minimum absolute atomic E-state index is 0.365. The molecule has 0 aliphatic carbocycles. The van der Waals surface area contributed by atoms with Crippen LogP contribution in [0.3, 0.4) is 0 Å². The van der Waals surface area contributed by atoms with Crippen LogP contribution in [0.5, 0.6) is 0 Å². The summed E-state index contributed by atoms with van der Waals surface area (Å²) in [4.78, 5) is 8.64. The highest BCUT2D eigenvalue weighted by molar-refractivity contribution is 6.30. The molecule has 2 aliphatic rings. The molecule has 0 bridgehead atoms. The Balaban J connectivity index is 1.62. The van der Waals surface area contributed by atoms with Crippen molar-refractivity contribution in [3.8, 4) is 0 Å². The maximum Gasteiger partial charge on any atom is 0.131 e. The van der Waals surface area contributed by atoms with Crippen LogP contribution in [0.25, 0.3) is 11.3 Å². The highest BCUT2D eigenvalue weighted by Crippen LogP contribution is 2.33. The third kappa shape index (κ3) is 5.26. The van der Waals surface area contributed by atoms with Crippen LogP contribution < -0.4 is 16.0 Å². The second kappa shape index (κ2) is 10.3. The number of allylic oxidation sites excluding steroid dienone is 2. The summed E-state index contributed by atoms with van der Waals surface area (Å²) < 4.78 is 14.7. The summed E-state index contributed by atoms with van der Waals surface area (Å²) >= 11 is 6.15. The van der Waals surface area contributed by atoms with Gasteiger partial charge in [0.2, 0.25) is 0 Å². The molecule has 0 unspecified atom stereocenters. The van der Waals surface area contributed by atoms with Gasteiger partial charge in [-0.05, 0) is 49.9 Å². The molecule has 2 aliphatic heterocycles. The van der Waals surface area contributed by atoms with E-state index in [1.54, 1.807) is 18.5 Å². The van der Waals surface area contributed by atoms with Crippen molar-refractivity contribution in [2.75, 3.05) is 45.6 Å². The molecule has 34 heavy (non-hydrogen) atoms. The highest BCUT2D eigenvalue weighted by atomic mass is 35.5. The lowest BCUT2D eigenvalue weighted by molar-refractivity contribution is 0.185.